The molecule has 0 aliphatic heterocycles. The van der Waals surface area contributed by atoms with Gasteiger partial charge in [-0.3, -0.25) is 0 Å². The molecule has 0 saturated carbocycles. The Kier molecular flexibility index (Phi) is 3.34. The number of rotatable bonds is 1. The van der Waals surface area contributed by atoms with Crippen molar-refractivity contribution in [1.29, 1.82) is 0 Å². The molecular formula is C9H15F. The molecule has 0 nitrogen and oxygen atoms in total. The molecule has 0 aliphatic rings. The molecule has 58 valence electrons. The van der Waals surface area contributed by atoms with Crippen LogP contribution in [0.15, 0.2) is 22.5 Å². The Morgan fingerprint density at radius 1 is 0.800 bits per heavy atom. The molecule has 0 saturated heterocycles. The molecule has 0 atom stereocenters. The number of hydrogen-bond acceptors (Lipinski definition) is 0. The SMILES string of the molecule is CC(C)=C(C)C(F)=C(C)C. The fourth-order valence-corrected chi connectivity index (χ4v) is 0.594. The molecule has 0 heterocycles. The second kappa shape index (κ2) is 3.55. The maximum atomic E-state index is 13.0. The molecule has 0 rings (SSSR count). The highest BCUT2D eigenvalue weighted by molar-refractivity contribution is 5.29. The molecule has 0 N–H and O–H groups in total. The third-order valence-corrected chi connectivity index (χ3v) is 1.52. The third kappa shape index (κ3) is 2.34. The summed E-state index contributed by atoms with van der Waals surface area (Å²) in [6.07, 6.45) is 0. The molecule has 0 fully saturated rings. The second-order valence-corrected chi connectivity index (χ2v) is 2.94. The van der Waals surface area contributed by atoms with E-state index in [4.69, 9.17) is 0 Å². The predicted octanol–water partition coefficient (Wildman–Crippen LogP) is 3.61. The van der Waals surface area contributed by atoms with Gasteiger partial charge in [-0.15, -0.1) is 0 Å². The van der Waals surface area contributed by atoms with Gasteiger partial charge < -0.3 is 0 Å². The second-order valence-electron chi connectivity index (χ2n) is 2.94. The Balaban J connectivity index is 4.71. The monoisotopic (exact) mass is 142 g/mol. The molecule has 0 unspecified atom stereocenters. The molecule has 0 aliphatic carbocycles. The van der Waals surface area contributed by atoms with Crippen LogP contribution in [-0.4, -0.2) is 0 Å². The maximum Gasteiger partial charge on any atom is 0.124 e. The fraction of sp³-hybridized carbons (Fsp3) is 0.556. The Labute approximate surface area is 62.4 Å². The molecule has 0 aromatic carbocycles. The highest BCUT2D eigenvalue weighted by Crippen LogP contribution is 2.18. The lowest BCUT2D eigenvalue weighted by molar-refractivity contribution is 0.636. The molecule has 10 heavy (non-hydrogen) atoms. The van der Waals surface area contributed by atoms with E-state index >= 15 is 0 Å². The van der Waals surface area contributed by atoms with Crippen LogP contribution in [0.4, 0.5) is 4.39 Å². The van der Waals surface area contributed by atoms with Crippen LogP contribution < -0.4 is 0 Å². The average molecular weight is 142 g/mol. The Morgan fingerprint density at radius 3 is 1.30 bits per heavy atom. The van der Waals surface area contributed by atoms with Gasteiger partial charge in [0.25, 0.3) is 0 Å². The van der Waals surface area contributed by atoms with E-state index in [2.05, 4.69) is 0 Å². The summed E-state index contributed by atoms with van der Waals surface area (Å²) in [6.45, 7) is 9.19. The Bertz CT molecular complexity index is 155. The molecule has 0 aromatic heterocycles. The van der Waals surface area contributed by atoms with E-state index < -0.39 is 0 Å². The molecule has 1 heteroatoms. The van der Waals surface area contributed by atoms with Gasteiger partial charge in [0.1, 0.15) is 5.83 Å². The zero-order valence-electron chi connectivity index (χ0n) is 7.38. The minimum absolute atomic E-state index is 0.0694. The van der Waals surface area contributed by atoms with Crippen molar-refractivity contribution in [3.05, 3.63) is 22.5 Å². The van der Waals surface area contributed by atoms with Crippen molar-refractivity contribution in [2.45, 2.75) is 34.6 Å². The first-order chi connectivity index (χ1) is 4.46. The smallest absolute Gasteiger partial charge is 0.124 e. The van der Waals surface area contributed by atoms with E-state index in [0.29, 0.717) is 0 Å². The molecule has 0 spiro atoms. The van der Waals surface area contributed by atoms with Crippen LogP contribution in [0.25, 0.3) is 0 Å². The Morgan fingerprint density at radius 2 is 1.20 bits per heavy atom. The molecule has 0 amide bonds. The topological polar surface area (TPSA) is 0 Å². The standard InChI is InChI=1S/C9H15F/c1-6(2)8(5)9(10)7(3)4/h1-5H3. The van der Waals surface area contributed by atoms with Gasteiger partial charge in [0.2, 0.25) is 0 Å². The molecule has 0 aromatic rings. The number of hydrogen-bond donors (Lipinski definition) is 0. The summed E-state index contributed by atoms with van der Waals surface area (Å²) in [7, 11) is 0. The normalized spacial score (nSPS) is 9.00. The minimum Gasteiger partial charge on any atom is -0.207 e. The van der Waals surface area contributed by atoms with E-state index in [9.17, 15) is 4.39 Å². The lowest BCUT2D eigenvalue weighted by atomic mass is 10.1. The van der Waals surface area contributed by atoms with Crippen molar-refractivity contribution >= 4 is 0 Å². The zero-order chi connectivity index (χ0) is 8.31. The van der Waals surface area contributed by atoms with Gasteiger partial charge in [0, 0.05) is 0 Å². The third-order valence-electron chi connectivity index (χ3n) is 1.52. The van der Waals surface area contributed by atoms with Crippen LogP contribution in [0.3, 0.4) is 0 Å². The van der Waals surface area contributed by atoms with Crippen molar-refractivity contribution in [3.63, 3.8) is 0 Å². The van der Waals surface area contributed by atoms with E-state index in [1.54, 1.807) is 20.8 Å². The van der Waals surface area contributed by atoms with Gasteiger partial charge in [0.15, 0.2) is 0 Å². The quantitative estimate of drug-likeness (QED) is 0.491. The van der Waals surface area contributed by atoms with Gasteiger partial charge >= 0.3 is 0 Å². The lowest BCUT2D eigenvalue weighted by Gasteiger charge is -2.01. The Hall–Kier alpha value is -0.590. The van der Waals surface area contributed by atoms with Crippen molar-refractivity contribution in [1.82, 2.24) is 0 Å². The highest BCUT2D eigenvalue weighted by atomic mass is 19.1. The first kappa shape index (κ1) is 9.41. The fourth-order valence-electron chi connectivity index (χ4n) is 0.594. The van der Waals surface area contributed by atoms with E-state index in [1.165, 1.54) is 0 Å². The number of allylic oxidation sites excluding steroid dienone is 4. The largest absolute Gasteiger partial charge is 0.207 e. The summed E-state index contributed by atoms with van der Waals surface area (Å²) < 4.78 is 13.0. The van der Waals surface area contributed by atoms with Crippen LogP contribution in [-0.2, 0) is 0 Å². The van der Waals surface area contributed by atoms with Gasteiger partial charge in [0.05, 0.1) is 0 Å². The van der Waals surface area contributed by atoms with Gasteiger partial charge in [-0.1, -0.05) is 5.57 Å². The summed E-state index contributed by atoms with van der Waals surface area (Å²) in [5.74, 6) is -0.0694. The highest BCUT2D eigenvalue weighted by Gasteiger charge is 2.00. The van der Waals surface area contributed by atoms with Crippen LogP contribution in [0, 0.1) is 0 Å². The van der Waals surface area contributed by atoms with Crippen LogP contribution >= 0.6 is 0 Å². The molecule has 0 radical (unpaired) electrons. The maximum absolute atomic E-state index is 13.0. The van der Waals surface area contributed by atoms with Crippen molar-refractivity contribution < 1.29 is 4.39 Å². The van der Waals surface area contributed by atoms with Gasteiger partial charge in [-0.2, -0.15) is 0 Å². The van der Waals surface area contributed by atoms with Crippen molar-refractivity contribution in [2.75, 3.05) is 0 Å². The lowest BCUT2D eigenvalue weighted by Crippen LogP contribution is -1.83. The van der Waals surface area contributed by atoms with Gasteiger partial charge in [-0.25, -0.2) is 4.39 Å². The van der Waals surface area contributed by atoms with E-state index in [-0.39, 0.29) is 5.83 Å². The van der Waals surface area contributed by atoms with E-state index in [1.807, 2.05) is 13.8 Å². The summed E-state index contributed by atoms with van der Waals surface area (Å²) in [5, 5.41) is 0. The number of halogens is 1. The average Bonchev–Trinajstić information content (AvgIpc) is 1.84. The summed E-state index contributed by atoms with van der Waals surface area (Å²) >= 11 is 0. The van der Waals surface area contributed by atoms with Crippen LogP contribution in [0.5, 0.6) is 0 Å². The van der Waals surface area contributed by atoms with Gasteiger partial charge in [-0.05, 0) is 45.8 Å². The van der Waals surface area contributed by atoms with Crippen molar-refractivity contribution in [3.8, 4) is 0 Å². The summed E-state index contributed by atoms with van der Waals surface area (Å²) in [4.78, 5) is 0. The molecule has 0 bridgehead atoms. The van der Waals surface area contributed by atoms with Crippen LogP contribution in [0.1, 0.15) is 34.6 Å². The summed E-state index contributed by atoms with van der Waals surface area (Å²) in [6, 6.07) is 0. The van der Waals surface area contributed by atoms with E-state index in [0.717, 1.165) is 16.7 Å². The van der Waals surface area contributed by atoms with Crippen molar-refractivity contribution in [2.24, 2.45) is 0 Å². The first-order valence-corrected chi connectivity index (χ1v) is 3.44. The molecular weight excluding hydrogens is 127 g/mol. The zero-order valence-corrected chi connectivity index (χ0v) is 7.38. The first-order valence-electron chi connectivity index (χ1n) is 3.44. The predicted molar refractivity (Wildman–Crippen MR) is 43.5 cm³/mol. The minimum atomic E-state index is -0.0694. The summed E-state index contributed by atoms with van der Waals surface area (Å²) in [5.41, 5.74) is 2.55. The van der Waals surface area contributed by atoms with Crippen LogP contribution in [0.2, 0.25) is 0 Å².